The minimum absolute atomic E-state index is 0.117. The van der Waals surface area contributed by atoms with Crippen LogP contribution in [0.5, 0.6) is 0 Å². The zero-order valence-corrected chi connectivity index (χ0v) is 14.0. The van der Waals surface area contributed by atoms with Crippen molar-refractivity contribution in [1.82, 2.24) is 0 Å². The van der Waals surface area contributed by atoms with Crippen LogP contribution in [0, 0.1) is 0 Å². The molecule has 0 aromatic heterocycles. The second-order valence-electron chi connectivity index (χ2n) is 6.74. The molecule has 0 spiro atoms. The van der Waals surface area contributed by atoms with Gasteiger partial charge in [0.2, 0.25) is 0 Å². The zero-order valence-electron chi connectivity index (χ0n) is 14.0. The number of esters is 1. The Kier molecular flexibility index (Phi) is 5.56. The molecule has 0 aliphatic rings. The molecular formula is C20H25NO2. The van der Waals surface area contributed by atoms with E-state index in [1.165, 1.54) is 0 Å². The Hall–Kier alpha value is -2.13. The van der Waals surface area contributed by atoms with Gasteiger partial charge in [0.25, 0.3) is 0 Å². The number of hydrogen-bond donors (Lipinski definition) is 1. The van der Waals surface area contributed by atoms with Gasteiger partial charge in [-0.25, -0.2) is 0 Å². The molecule has 2 N–H and O–H groups in total. The third-order valence-electron chi connectivity index (χ3n) is 3.65. The number of carbonyl (C=O) groups excluding carboxylic acids is 1. The summed E-state index contributed by atoms with van der Waals surface area (Å²) in [5.41, 5.74) is 8.05. The van der Waals surface area contributed by atoms with Crippen molar-refractivity contribution in [1.29, 1.82) is 0 Å². The van der Waals surface area contributed by atoms with Crippen LogP contribution in [0.15, 0.2) is 60.7 Å². The molecule has 0 bridgehead atoms. The summed E-state index contributed by atoms with van der Waals surface area (Å²) < 4.78 is 5.48. The van der Waals surface area contributed by atoms with Crippen LogP contribution in [-0.4, -0.2) is 11.6 Å². The molecule has 122 valence electrons. The molecule has 23 heavy (non-hydrogen) atoms. The average molecular weight is 311 g/mol. The third kappa shape index (κ3) is 5.22. The zero-order chi connectivity index (χ0) is 16.9. The van der Waals surface area contributed by atoms with Gasteiger partial charge in [0.15, 0.2) is 0 Å². The van der Waals surface area contributed by atoms with E-state index < -0.39 is 5.60 Å². The van der Waals surface area contributed by atoms with Crippen LogP contribution < -0.4 is 5.73 Å². The first kappa shape index (κ1) is 17.2. The minimum atomic E-state index is -0.491. The van der Waals surface area contributed by atoms with Crippen molar-refractivity contribution in [2.24, 2.45) is 5.73 Å². The molecule has 2 rings (SSSR count). The standard InChI is InChI=1S/C20H25NO2/c1-20(2,3)23-18(22)14-17(15-10-6-4-7-11-15)19(21)16-12-8-5-9-13-16/h4-13,17,19H,14,21H2,1-3H3. The number of nitrogens with two attached hydrogens (primary N) is 1. The van der Waals surface area contributed by atoms with Gasteiger partial charge in [-0.3, -0.25) is 4.79 Å². The number of ether oxygens (including phenoxy) is 1. The average Bonchev–Trinajstić information content (AvgIpc) is 2.52. The molecule has 2 unspecified atom stereocenters. The lowest BCUT2D eigenvalue weighted by molar-refractivity contribution is -0.155. The summed E-state index contributed by atoms with van der Waals surface area (Å²) in [5.74, 6) is -0.341. The van der Waals surface area contributed by atoms with Gasteiger partial charge in [0, 0.05) is 12.0 Å². The quantitative estimate of drug-likeness (QED) is 0.842. The van der Waals surface area contributed by atoms with E-state index in [0.717, 1.165) is 11.1 Å². The largest absolute Gasteiger partial charge is 0.460 e. The summed E-state index contributed by atoms with van der Waals surface area (Å²) in [6, 6.07) is 19.5. The van der Waals surface area contributed by atoms with Crippen molar-refractivity contribution in [3.8, 4) is 0 Å². The van der Waals surface area contributed by atoms with Crippen LogP contribution in [-0.2, 0) is 9.53 Å². The molecule has 2 aromatic rings. The first-order chi connectivity index (χ1) is 10.9. The highest BCUT2D eigenvalue weighted by Crippen LogP contribution is 2.32. The van der Waals surface area contributed by atoms with Gasteiger partial charge in [0.05, 0.1) is 6.42 Å². The first-order valence-corrected chi connectivity index (χ1v) is 7.94. The molecule has 0 saturated heterocycles. The summed E-state index contributed by atoms with van der Waals surface area (Å²) in [6.45, 7) is 5.62. The molecule has 0 heterocycles. The molecule has 3 nitrogen and oxygen atoms in total. The maximum atomic E-state index is 12.3. The summed E-state index contributed by atoms with van der Waals surface area (Å²) in [7, 11) is 0. The summed E-state index contributed by atoms with van der Waals surface area (Å²) in [4.78, 5) is 12.3. The lowest BCUT2D eigenvalue weighted by Gasteiger charge is -2.26. The predicted octanol–water partition coefficient (Wildman–Crippen LogP) is 4.20. The van der Waals surface area contributed by atoms with Crippen molar-refractivity contribution in [3.63, 3.8) is 0 Å². The van der Waals surface area contributed by atoms with Crippen LogP contribution in [0.3, 0.4) is 0 Å². The smallest absolute Gasteiger partial charge is 0.306 e. The lowest BCUT2D eigenvalue weighted by Crippen LogP contribution is -2.28. The van der Waals surface area contributed by atoms with E-state index in [9.17, 15) is 4.79 Å². The van der Waals surface area contributed by atoms with E-state index in [1.807, 2.05) is 81.4 Å². The van der Waals surface area contributed by atoms with Gasteiger partial charge in [-0.15, -0.1) is 0 Å². The van der Waals surface area contributed by atoms with Crippen LogP contribution in [0.2, 0.25) is 0 Å². The molecular weight excluding hydrogens is 286 g/mol. The van der Waals surface area contributed by atoms with E-state index in [-0.39, 0.29) is 24.3 Å². The monoisotopic (exact) mass is 311 g/mol. The van der Waals surface area contributed by atoms with E-state index in [0.29, 0.717) is 0 Å². The fourth-order valence-electron chi connectivity index (χ4n) is 2.62. The van der Waals surface area contributed by atoms with Gasteiger partial charge < -0.3 is 10.5 Å². The second-order valence-corrected chi connectivity index (χ2v) is 6.74. The molecule has 0 fully saturated rings. The van der Waals surface area contributed by atoms with E-state index in [2.05, 4.69) is 0 Å². The van der Waals surface area contributed by atoms with Gasteiger partial charge in [0.1, 0.15) is 5.60 Å². The van der Waals surface area contributed by atoms with Crippen molar-refractivity contribution < 1.29 is 9.53 Å². The first-order valence-electron chi connectivity index (χ1n) is 7.94. The topological polar surface area (TPSA) is 52.3 Å². The minimum Gasteiger partial charge on any atom is -0.460 e. The maximum absolute atomic E-state index is 12.3. The van der Waals surface area contributed by atoms with E-state index in [4.69, 9.17) is 10.5 Å². The summed E-state index contributed by atoms with van der Waals surface area (Å²) >= 11 is 0. The fourth-order valence-corrected chi connectivity index (χ4v) is 2.62. The summed E-state index contributed by atoms with van der Waals surface area (Å²) in [5, 5.41) is 0. The Morgan fingerprint density at radius 3 is 1.91 bits per heavy atom. The highest BCUT2D eigenvalue weighted by atomic mass is 16.6. The SMILES string of the molecule is CC(C)(C)OC(=O)CC(c1ccccc1)C(N)c1ccccc1. The number of rotatable bonds is 5. The van der Waals surface area contributed by atoms with Crippen molar-refractivity contribution in [3.05, 3.63) is 71.8 Å². The van der Waals surface area contributed by atoms with Crippen LogP contribution in [0.1, 0.15) is 50.3 Å². The Balaban J connectivity index is 2.24. The van der Waals surface area contributed by atoms with Gasteiger partial charge in [-0.1, -0.05) is 60.7 Å². The summed E-state index contributed by atoms with van der Waals surface area (Å²) in [6.07, 6.45) is 0.261. The molecule has 0 aliphatic heterocycles. The number of carbonyl (C=O) groups is 1. The Morgan fingerprint density at radius 2 is 1.43 bits per heavy atom. The molecule has 0 aliphatic carbocycles. The highest BCUT2D eigenvalue weighted by Gasteiger charge is 2.26. The molecule has 3 heteroatoms. The predicted molar refractivity (Wildman–Crippen MR) is 93.0 cm³/mol. The van der Waals surface area contributed by atoms with Crippen molar-refractivity contribution >= 4 is 5.97 Å². The highest BCUT2D eigenvalue weighted by molar-refractivity contribution is 5.71. The Labute approximate surface area is 138 Å². The fraction of sp³-hybridized carbons (Fsp3) is 0.350. The van der Waals surface area contributed by atoms with Crippen LogP contribution >= 0.6 is 0 Å². The second kappa shape index (κ2) is 7.42. The number of hydrogen-bond acceptors (Lipinski definition) is 3. The van der Waals surface area contributed by atoms with Crippen molar-refractivity contribution in [2.75, 3.05) is 0 Å². The molecule has 2 atom stereocenters. The molecule has 2 aromatic carbocycles. The lowest BCUT2D eigenvalue weighted by atomic mass is 9.85. The molecule has 0 amide bonds. The van der Waals surface area contributed by atoms with Crippen molar-refractivity contribution in [2.45, 2.75) is 44.8 Å². The Bertz CT molecular complexity index is 617. The van der Waals surface area contributed by atoms with Gasteiger partial charge in [-0.2, -0.15) is 0 Å². The normalized spacial score (nSPS) is 14.1. The van der Waals surface area contributed by atoms with Gasteiger partial charge in [-0.05, 0) is 31.9 Å². The van der Waals surface area contributed by atoms with Gasteiger partial charge >= 0.3 is 5.97 Å². The van der Waals surface area contributed by atoms with E-state index in [1.54, 1.807) is 0 Å². The molecule has 0 radical (unpaired) electrons. The maximum Gasteiger partial charge on any atom is 0.306 e. The third-order valence-corrected chi connectivity index (χ3v) is 3.65. The van der Waals surface area contributed by atoms with Crippen LogP contribution in [0.25, 0.3) is 0 Å². The van der Waals surface area contributed by atoms with Crippen LogP contribution in [0.4, 0.5) is 0 Å². The molecule has 0 saturated carbocycles. The number of benzene rings is 2. The Morgan fingerprint density at radius 1 is 0.957 bits per heavy atom. The van der Waals surface area contributed by atoms with E-state index >= 15 is 0 Å².